The monoisotopic (exact) mass is 256 g/mol. The summed E-state index contributed by atoms with van der Waals surface area (Å²) in [5.74, 6) is 0.613. The second-order valence-corrected chi connectivity index (χ2v) is 6.73. The molecule has 3 heteroatoms. The van der Waals surface area contributed by atoms with Gasteiger partial charge >= 0.3 is 5.97 Å². The molecule has 3 nitrogen and oxygen atoms in total. The highest BCUT2D eigenvalue weighted by Gasteiger charge is 2.30. The fourth-order valence-electron chi connectivity index (χ4n) is 2.18. The van der Waals surface area contributed by atoms with Crippen LogP contribution in [0.3, 0.4) is 0 Å². The zero-order chi connectivity index (χ0) is 13.8. The zero-order valence-corrected chi connectivity index (χ0v) is 12.5. The van der Waals surface area contributed by atoms with Crippen molar-refractivity contribution in [3.63, 3.8) is 0 Å². The van der Waals surface area contributed by atoms with E-state index in [4.69, 9.17) is 9.47 Å². The molecular weight excluding hydrogens is 228 g/mol. The minimum absolute atomic E-state index is 0.0372. The van der Waals surface area contributed by atoms with Crippen LogP contribution in [0.15, 0.2) is 0 Å². The summed E-state index contributed by atoms with van der Waals surface area (Å²) in [5, 5.41) is 0. The summed E-state index contributed by atoms with van der Waals surface area (Å²) in [5.41, 5.74) is -0.373. The van der Waals surface area contributed by atoms with Crippen molar-refractivity contribution in [2.45, 2.75) is 72.0 Å². The molecule has 0 aromatic heterocycles. The SMILES string of the molecule is CC(C)COC1CCC(C(=O)OC(C)(C)C)CC1. The van der Waals surface area contributed by atoms with Gasteiger partial charge in [-0.3, -0.25) is 4.79 Å². The lowest BCUT2D eigenvalue weighted by Gasteiger charge is -2.30. The molecular formula is C15H28O3. The third-order valence-corrected chi connectivity index (χ3v) is 3.08. The molecule has 1 aliphatic carbocycles. The van der Waals surface area contributed by atoms with E-state index in [0.717, 1.165) is 32.3 Å². The molecule has 1 saturated carbocycles. The maximum atomic E-state index is 11.9. The molecule has 18 heavy (non-hydrogen) atoms. The van der Waals surface area contributed by atoms with Crippen LogP contribution in [0.25, 0.3) is 0 Å². The van der Waals surface area contributed by atoms with Gasteiger partial charge in [0.15, 0.2) is 0 Å². The summed E-state index contributed by atoms with van der Waals surface area (Å²) in [6, 6.07) is 0. The van der Waals surface area contributed by atoms with Gasteiger partial charge in [0.25, 0.3) is 0 Å². The fraction of sp³-hybridized carbons (Fsp3) is 0.933. The predicted molar refractivity (Wildman–Crippen MR) is 72.4 cm³/mol. The van der Waals surface area contributed by atoms with Gasteiger partial charge in [0.2, 0.25) is 0 Å². The van der Waals surface area contributed by atoms with Crippen LogP contribution in [0, 0.1) is 11.8 Å². The molecule has 0 bridgehead atoms. The van der Waals surface area contributed by atoms with E-state index >= 15 is 0 Å². The summed E-state index contributed by atoms with van der Waals surface area (Å²) < 4.78 is 11.3. The van der Waals surface area contributed by atoms with Crippen molar-refractivity contribution in [3.8, 4) is 0 Å². The Morgan fingerprint density at radius 1 is 1.17 bits per heavy atom. The lowest BCUT2D eigenvalue weighted by atomic mass is 9.87. The van der Waals surface area contributed by atoms with Gasteiger partial charge in [-0.25, -0.2) is 0 Å². The Kier molecular flexibility index (Phi) is 5.64. The summed E-state index contributed by atoms with van der Waals surface area (Å²) >= 11 is 0. The van der Waals surface area contributed by atoms with E-state index in [1.165, 1.54) is 0 Å². The van der Waals surface area contributed by atoms with Crippen molar-refractivity contribution >= 4 is 5.97 Å². The Labute approximate surface area is 111 Å². The highest BCUT2D eigenvalue weighted by Crippen LogP contribution is 2.28. The lowest BCUT2D eigenvalue weighted by molar-refractivity contribution is -0.162. The molecule has 0 amide bonds. The van der Waals surface area contributed by atoms with Gasteiger partial charge in [0, 0.05) is 6.61 Å². The van der Waals surface area contributed by atoms with E-state index in [2.05, 4.69) is 13.8 Å². The first-order valence-electron chi connectivity index (χ1n) is 7.12. The highest BCUT2D eigenvalue weighted by atomic mass is 16.6. The molecule has 1 rings (SSSR count). The number of esters is 1. The first-order valence-corrected chi connectivity index (χ1v) is 7.12. The van der Waals surface area contributed by atoms with Gasteiger partial charge in [0.1, 0.15) is 5.60 Å². The molecule has 106 valence electrons. The number of ether oxygens (including phenoxy) is 2. The smallest absolute Gasteiger partial charge is 0.309 e. The Morgan fingerprint density at radius 3 is 2.17 bits per heavy atom. The molecule has 0 aliphatic heterocycles. The maximum absolute atomic E-state index is 11.9. The number of hydrogen-bond donors (Lipinski definition) is 0. The minimum Gasteiger partial charge on any atom is -0.460 e. The summed E-state index contributed by atoms with van der Waals surface area (Å²) in [7, 11) is 0. The van der Waals surface area contributed by atoms with Crippen molar-refractivity contribution in [2.75, 3.05) is 6.61 Å². The van der Waals surface area contributed by atoms with Crippen molar-refractivity contribution < 1.29 is 14.3 Å². The van der Waals surface area contributed by atoms with Crippen molar-refractivity contribution in [3.05, 3.63) is 0 Å². The van der Waals surface area contributed by atoms with Crippen LogP contribution < -0.4 is 0 Å². The Hall–Kier alpha value is -0.570. The molecule has 0 radical (unpaired) electrons. The van der Waals surface area contributed by atoms with Gasteiger partial charge in [0.05, 0.1) is 12.0 Å². The van der Waals surface area contributed by atoms with Crippen LogP contribution in [0.5, 0.6) is 0 Å². The lowest BCUT2D eigenvalue weighted by Crippen LogP contribution is -2.32. The Bertz CT molecular complexity index is 257. The number of hydrogen-bond acceptors (Lipinski definition) is 3. The average Bonchev–Trinajstić information content (AvgIpc) is 2.24. The van der Waals surface area contributed by atoms with Crippen molar-refractivity contribution in [1.29, 1.82) is 0 Å². The molecule has 0 N–H and O–H groups in total. The topological polar surface area (TPSA) is 35.5 Å². The molecule has 0 heterocycles. The third kappa shape index (κ3) is 5.85. The number of carbonyl (C=O) groups is 1. The summed E-state index contributed by atoms with van der Waals surface area (Å²) in [6.45, 7) is 10.9. The zero-order valence-electron chi connectivity index (χ0n) is 12.5. The number of carbonyl (C=O) groups excluding carboxylic acids is 1. The second kappa shape index (κ2) is 6.55. The van der Waals surface area contributed by atoms with E-state index in [1.807, 2.05) is 20.8 Å². The van der Waals surface area contributed by atoms with Crippen molar-refractivity contribution in [2.24, 2.45) is 11.8 Å². The van der Waals surface area contributed by atoms with Crippen LogP contribution in [0.4, 0.5) is 0 Å². The quantitative estimate of drug-likeness (QED) is 0.721. The largest absolute Gasteiger partial charge is 0.460 e. The van der Waals surface area contributed by atoms with Gasteiger partial charge < -0.3 is 9.47 Å². The van der Waals surface area contributed by atoms with Crippen molar-refractivity contribution in [1.82, 2.24) is 0 Å². The fourth-order valence-corrected chi connectivity index (χ4v) is 2.18. The van der Waals surface area contributed by atoms with Gasteiger partial charge in [-0.2, -0.15) is 0 Å². The minimum atomic E-state index is -0.373. The van der Waals surface area contributed by atoms with Crippen LogP contribution >= 0.6 is 0 Å². The average molecular weight is 256 g/mol. The molecule has 0 saturated heterocycles. The molecule has 0 atom stereocenters. The first kappa shape index (κ1) is 15.5. The molecule has 1 aliphatic rings. The second-order valence-electron chi connectivity index (χ2n) is 6.73. The van der Waals surface area contributed by atoms with E-state index in [-0.39, 0.29) is 17.5 Å². The Morgan fingerprint density at radius 2 is 1.72 bits per heavy atom. The molecule has 0 aromatic rings. The number of rotatable bonds is 4. The van der Waals surface area contributed by atoms with Crippen LogP contribution in [-0.4, -0.2) is 24.3 Å². The van der Waals surface area contributed by atoms with Crippen LogP contribution in [0.1, 0.15) is 60.3 Å². The van der Waals surface area contributed by atoms with Gasteiger partial charge in [-0.15, -0.1) is 0 Å². The molecule has 0 spiro atoms. The summed E-state index contributed by atoms with van der Waals surface area (Å²) in [4.78, 5) is 11.9. The first-order chi connectivity index (χ1) is 8.28. The van der Waals surface area contributed by atoms with Crippen LogP contribution in [0.2, 0.25) is 0 Å². The standard InChI is InChI=1S/C15H28O3/c1-11(2)10-17-13-8-6-12(7-9-13)14(16)18-15(3,4)5/h11-13H,6-10H2,1-5H3. The Balaban J connectivity index is 2.28. The van der Waals surface area contributed by atoms with E-state index in [9.17, 15) is 4.79 Å². The summed E-state index contributed by atoms with van der Waals surface area (Å²) in [6.07, 6.45) is 4.11. The normalized spacial score (nSPS) is 25.2. The third-order valence-electron chi connectivity index (χ3n) is 3.08. The van der Waals surface area contributed by atoms with Gasteiger partial charge in [-0.05, 0) is 52.4 Å². The molecule has 0 aromatic carbocycles. The van der Waals surface area contributed by atoms with Gasteiger partial charge in [-0.1, -0.05) is 13.8 Å². The van der Waals surface area contributed by atoms with E-state index in [0.29, 0.717) is 12.0 Å². The molecule has 1 fully saturated rings. The van der Waals surface area contributed by atoms with E-state index < -0.39 is 0 Å². The highest BCUT2D eigenvalue weighted by molar-refractivity contribution is 5.72. The van der Waals surface area contributed by atoms with E-state index in [1.54, 1.807) is 0 Å². The molecule has 0 unspecified atom stereocenters. The maximum Gasteiger partial charge on any atom is 0.309 e. The predicted octanol–water partition coefficient (Wildman–Crippen LogP) is 3.56. The van der Waals surface area contributed by atoms with Crippen LogP contribution in [-0.2, 0) is 14.3 Å².